The monoisotopic (exact) mass is 420 g/mol. The average Bonchev–Trinajstić information content (AvgIpc) is 3.18. The van der Waals surface area contributed by atoms with Crippen molar-refractivity contribution in [2.24, 2.45) is 0 Å². The van der Waals surface area contributed by atoms with Crippen LogP contribution in [0.3, 0.4) is 0 Å². The minimum atomic E-state index is -0.785. The zero-order chi connectivity index (χ0) is 22.1. The molecule has 9 heteroatoms. The molecule has 3 N–H and O–H groups in total. The SMILES string of the molecule is COc1ccc(NC(=O)c2c(O)c3cnn(-c4ccc(C)cc4)c3[nH]c2=O)c(OC)c1. The number of rotatable bonds is 5. The van der Waals surface area contributed by atoms with E-state index in [0.29, 0.717) is 22.9 Å². The molecule has 0 fully saturated rings. The molecule has 31 heavy (non-hydrogen) atoms. The van der Waals surface area contributed by atoms with Gasteiger partial charge in [0.15, 0.2) is 0 Å². The highest BCUT2D eigenvalue weighted by Gasteiger charge is 2.23. The smallest absolute Gasteiger partial charge is 0.266 e. The Morgan fingerprint density at radius 1 is 1.13 bits per heavy atom. The quantitative estimate of drug-likeness (QED) is 0.457. The molecule has 4 rings (SSSR count). The van der Waals surface area contributed by atoms with Crippen molar-refractivity contribution < 1.29 is 19.4 Å². The fraction of sp³-hybridized carbons (Fsp3) is 0.136. The van der Waals surface area contributed by atoms with Gasteiger partial charge in [0, 0.05) is 6.07 Å². The van der Waals surface area contributed by atoms with Crippen molar-refractivity contribution in [3.8, 4) is 22.9 Å². The summed E-state index contributed by atoms with van der Waals surface area (Å²) in [6.45, 7) is 1.96. The van der Waals surface area contributed by atoms with Gasteiger partial charge in [-0.15, -0.1) is 0 Å². The molecule has 0 aliphatic carbocycles. The maximum atomic E-state index is 12.8. The summed E-state index contributed by atoms with van der Waals surface area (Å²) in [6.07, 6.45) is 1.39. The molecule has 158 valence electrons. The highest BCUT2D eigenvalue weighted by atomic mass is 16.5. The first kappa shape index (κ1) is 20.0. The molecule has 0 saturated carbocycles. The summed E-state index contributed by atoms with van der Waals surface area (Å²) in [4.78, 5) is 28.2. The van der Waals surface area contributed by atoms with E-state index < -0.39 is 22.8 Å². The number of amides is 1. The Morgan fingerprint density at radius 3 is 2.55 bits per heavy atom. The molecule has 0 spiro atoms. The topological polar surface area (TPSA) is 118 Å². The lowest BCUT2D eigenvalue weighted by molar-refractivity contribution is 0.102. The number of methoxy groups -OCH3 is 2. The zero-order valence-electron chi connectivity index (χ0n) is 17.1. The second kappa shape index (κ2) is 7.86. The third-order valence-corrected chi connectivity index (χ3v) is 4.88. The minimum Gasteiger partial charge on any atom is -0.506 e. The number of ether oxygens (including phenoxy) is 2. The predicted octanol–water partition coefficient (Wildman–Crippen LogP) is 3.00. The van der Waals surface area contributed by atoms with E-state index in [1.165, 1.54) is 25.1 Å². The molecule has 2 heterocycles. The van der Waals surface area contributed by atoms with E-state index in [1.54, 1.807) is 18.2 Å². The summed E-state index contributed by atoms with van der Waals surface area (Å²) in [5.74, 6) is -0.355. The highest BCUT2D eigenvalue weighted by Crippen LogP contribution is 2.31. The number of aromatic amines is 1. The van der Waals surface area contributed by atoms with Crippen LogP contribution in [0, 0.1) is 6.92 Å². The number of H-pyrrole nitrogens is 1. The molecule has 0 bridgehead atoms. The van der Waals surface area contributed by atoms with Crippen molar-refractivity contribution in [1.29, 1.82) is 0 Å². The summed E-state index contributed by atoms with van der Waals surface area (Å²) in [5.41, 5.74) is 1.21. The van der Waals surface area contributed by atoms with Crippen LogP contribution in [-0.4, -0.2) is 40.0 Å². The molecule has 2 aromatic heterocycles. The van der Waals surface area contributed by atoms with Gasteiger partial charge in [0.2, 0.25) is 0 Å². The molecule has 0 atom stereocenters. The average molecular weight is 420 g/mol. The number of pyridine rings is 1. The maximum absolute atomic E-state index is 12.8. The Balaban J connectivity index is 1.74. The van der Waals surface area contributed by atoms with Crippen molar-refractivity contribution >= 4 is 22.6 Å². The van der Waals surface area contributed by atoms with Gasteiger partial charge in [-0.2, -0.15) is 5.10 Å². The number of carbonyl (C=O) groups is 1. The van der Waals surface area contributed by atoms with Gasteiger partial charge >= 0.3 is 0 Å². The number of nitrogens with zero attached hydrogens (tertiary/aromatic N) is 2. The first-order valence-corrected chi connectivity index (χ1v) is 9.36. The van der Waals surface area contributed by atoms with Gasteiger partial charge in [0.1, 0.15) is 28.5 Å². The second-order valence-corrected chi connectivity index (χ2v) is 6.85. The van der Waals surface area contributed by atoms with E-state index in [1.807, 2.05) is 31.2 Å². The number of aromatic hydroxyl groups is 1. The predicted molar refractivity (Wildman–Crippen MR) is 116 cm³/mol. The fourth-order valence-corrected chi connectivity index (χ4v) is 3.23. The van der Waals surface area contributed by atoms with Gasteiger partial charge in [-0.05, 0) is 31.2 Å². The summed E-state index contributed by atoms with van der Waals surface area (Å²) >= 11 is 0. The molecule has 0 aliphatic heterocycles. The Kier molecular flexibility index (Phi) is 5.08. The van der Waals surface area contributed by atoms with Gasteiger partial charge in [-0.25, -0.2) is 4.68 Å². The molecule has 0 radical (unpaired) electrons. The molecular weight excluding hydrogens is 400 g/mol. The van der Waals surface area contributed by atoms with Crippen LogP contribution in [0.1, 0.15) is 15.9 Å². The van der Waals surface area contributed by atoms with Crippen LogP contribution in [0.5, 0.6) is 17.2 Å². The maximum Gasteiger partial charge on any atom is 0.266 e. The van der Waals surface area contributed by atoms with Crippen LogP contribution < -0.4 is 20.3 Å². The summed E-state index contributed by atoms with van der Waals surface area (Å²) < 4.78 is 11.9. The van der Waals surface area contributed by atoms with E-state index in [0.717, 1.165) is 5.56 Å². The van der Waals surface area contributed by atoms with E-state index in [-0.39, 0.29) is 11.0 Å². The number of fused-ring (bicyclic) bond motifs is 1. The van der Waals surface area contributed by atoms with Crippen molar-refractivity contribution in [2.75, 3.05) is 19.5 Å². The van der Waals surface area contributed by atoms with Crippen LogP contribution in [0.4, 0.5) is 5.69 Å². The van der Waals surface area contributed by atoms with Crippen molar-refractivity contribution in [2.45, 2.75) is 6.92 Å². The van der Waals surface area contributed by atoms with Crippen molar-refractivity contribution in [1.82, 2.24) is 14.8 Å². The normalized spacial score (nSPS) is 10.8. The molecule has 0 unspecified atom stereocenters. The largest absolute Gasteiger partial charge is 0.506 e. The first-order valence-electron chi connectivity index (χ1n) is 9.36. The Morgan fingerprint density at radius 2 is 1.87 bits per heavy atom. The van der Waals surface area contributed by atoms with Crippen LogP contribution in [0.25, 0.3) is 16.7 Å². The van der Waals surface area contributed by atoms with E-state index in [2.05, 4.69) is 15.4 Å². The molecule has 4 aromatic rings. The lowest BCUT2D eigenvalue weighted by Gasteiger charge is -2.12. The van der Waals surface area contributed by atoms with E-state index >= 15 is 0 Å². The number of nitrogens with one attached hydrogen (secondary N) is 2. The number of aryl methyl sites for hydroxylation is 1. The fourth-order valence-electron chi connectivity index (χ4n) is 3.23. The third kappa shape index (κ3) is 3.57. The van der Waals surface area contributed by atoms with Gasteiger partial charge in [-0.1, -0.05) is 17.7 Å². The van der Waals surface area contributed by atoms with Gasteiger partial charge < -0.3 is 24.9 Å². The number of hydrogen-bond acceptors (Lipinski definition) is 6. The number of aromatic nitrogens is 3. The zero-order valence-corrected chi connectivity index (χ0v) is 17.1. The molecule has 9 nitrogen and oxygen atoms in total. The Hall–Kier alpha value is -4.27. The summed E-state index contributed by atoms with van der Waals surface area (Å²) in [6, 6.07) is 12.3. The van der Waals surface area contributed by atoms with Crippen LogP contribution in [-0.2, 0) is 0 Å². The molecule has 0 aliphatic rings. The van der Waals surface area contributed by atoms with Crippen LogP contribution in [0.15, 0.2) is 53.5 Å². The number of carbonyl (C=O) groups excluding carboxylic acids is 1. The number of hydrogen-bond donors (Lipinski definition) is 3. The minimum absolute atomic E-state index is 0.243. The molecular formula is C22H20N4O5. The molecule has 0 saturated heterocycles. The van der Waals surface area contributed by atoms with E-state index in [4.69, 9.17) is 9.47 Å². The Bertz CT molecular complexity index is 1340. The lowest BCUT2D eigenvalue weighted by Crippen LogP contribution is -2.24. The summed E-state index contributed by atoms with van der Waals surface area (Å²) in [5, 5.41) is 17.8. The summed E-state index contributed by atoms with van der Waals surface area (Å²) in [7, 11) is 2.96. The Labute approximate surface area is 176 Å². The van der Waals surface area contributed by atoms with Gasteiger partial charge in [0.25, 0.3) is 11.5 Å². The standard InChI is InChI=1S/C22H20N4O5/c1-12-4-6-13(7-5-12)26-20-15(11-23-26)19(27)18(22(29)25-20)21(28)24-16-9-8-14(30-2)10-17(16)31-3/h4-11H,1-3H3,(H,24,28)(H2,25,27,29). The second-order valence-electron chi connectivity index (χ2n) is 6.85. The third-order valence-electron chi connectivity index (χ3n) is 4.88. The van der Waals surface area contributed by atoms with Crippen LogP contribution in [0.2, 0.25) is 0 Å². The van der Waals surface area contributed by atoms with Crippen molar-refractivity contribution in [3.05, 3.63) is 70.1 Å². The van der Waals surface area contributed by atoms with E-state index in [9.17, 15) is 14.7 Å². The highest BCUT2D eigenvalue weighted by molar-refractivity contribution is 6.09. The number of benzene rings is 2. The molecule has 1 amide bonds. The van der Waals surface area contributed by atoms with Gasteiger partial charge in [0.05, 0.1) is 37.2 Å². The molecule has 2 aromatic carbocycles. The van der Waals surface area contributed by atoms with Crippen molar-refractivity contribution in [3.63, 3.8) is 0 Å². The van der Waals surface area contributed by atoms with Gasteiger partial charge in [-0.3, -0.25) is 9.59 Å². The number of anilines is 1. The van der Waals surface area contributed by atoms with Crippen LogP contribution >= 0.6 is 0 Å². The first-order chi connectivity index (χ1) is 14.9. The lowest BCUT2D eigenvalue weighted by atomic mass is 10.1.